The van der Waals surface area contributed by atoms with Gasteiger partial charge in [-0.3, -0.25) is 9.59 Å². The Hall–Kier alpha value is -4.92. The Bertz CT molecular complexity index is 1360. The van der Waals surface area contributed by atoms with E-state index >= 15 is 0 Å². The normalized spacial score (nSPS) is 14.0. The summed E-state index contributed by atoms with van der Waals surface area (Å²) in [5.74, 6) is -1.54. The molecule has 1 heterocycles. The SMILES string of the molecule is Cc1cccc(NC(=O)CN2C(=O)N/C(=C/c3ccc(OCc4cccc(C(=O)O)c4)cc3)C2=O)c1. The van der Waals surface area contributed by atoms with Gasteiger partial charge in [0.1, 0.15) is 24.6 Å². The maximum absolute atomic E-state index is 12.7. The number of hydrogen-bond acceptors (Lipinski definition) is 5. The van der Waals surface area contributed by atoms with E-state index in [1.807, 2.05) is 13.0 Å². The van der Waals surface area contributed by atoms with Crippen molar-refractivity contribution in [2.24, 2.45) is 0 Å². The molecule has 4 amide bonds. The maximum Gasteiger partial charge on any atom is 0.335 e. The molecule has 3 aromatic carbocycles. The molecule has 0 saturated carbocycles. The zero-order chi connectivity index (χ0) is 25.7. The minimum Gasteiger partial charge on any atom is -0.489 e. The number of carboxylic acid groups (broad SMARTS) is 1. The van der Waals surface area contributed by atoms with Crippen molar-refractivity contribution in [3.8, 4) is 5.75 Å². The van der Waals surface area contributed by atoms with Crippen molar-refractivity contribution < 1.29 is 29.0 Å². The molecule has 0 bridgehead atoms. The smallest absolute Gasteiger partial charge is 0.335 e. The molecule has 0 aliphatic carbocycles. The number of nitrogens with zero attached hydrogens (tertiary/aromatic N) is 1. The Balaban J connectivity index is 1.35. The zero-order valence-corrected chi connectivity index (χ0v) is 19.4. The highest BCUT2D eigenvalue weighted by Crippen LogP contribution is 2.19. The second-order valence-corrected chi connectivity index (χ2v) is 8.16. The third kappa shape index (κ3) is 5.95. The molecular formula is C27H23N3O6. The summed E-state index contributed by atoms with van der Waals surface area (Å²) >= 11 is 0. The molecule has 3 N–H and O–H groups in total. The summed E-state index contributed by atoms with van der Waals surface area (Å²) < 4.78 is 5.70. The number of carbonyl (C=O) groups is 4. The highest BCUT2D eigenvalue weighted by Gasteiger charge is 2.34. The summed E-state index contributed by atoms with van der Waals surface area (Å²) in [5.41, 5.74) is 3.15. The lowest BCUT2D eigenvalue weighted by atomic mass is 10.1. The quantitative estimate of drug-likeness (QED) is 0.329. The first kappa shape index (κ1) is 24.2. The molecule has 182 valence electrons. The molecule has 9 heteroatoms. The van der Waals surface area contributed by atoms with Crippen LogP contribution in [0.25, 0.3) is 6.08 Å². The van der Waals surface area contributed by atoms with Gasteiger partial charge in [0.2, 0.25) is 5.91 Å². The van der Waals surface area contributed by atoms with Crippen molar-refractivity contribution in [2.45, 2.75) is 13.5 Å². The van der Waals surface area contributed by atoms with E-state index in [1.54, 1.807) is 60.7 Å². The fraction of sp³-hybridized carbons (Fsp3) is 0.111. The number of benzene rings is 3. The van der Waals surface area contributed by atoms with Gasteiger partial charge in [-0.25, -0.2) is 14.5 Å². The number of amides is 4. The van der Waals surface area contributed by atoms with Crippen LogP contribution >= 0.6 is 0 Å². The van der Waals surface area contributed by atoms with Gasteiger partial charge < -0.3 is 20.5 Å². The number of ether oxygens (including phenoxy) is 1. The van der Waals surface area contributed by atoms with Crippen LogP contribution in [0.15, 0.2) is 78.5 Å². The number of rotatable bonds is 8. The Morgan fingerprint density at radius 2 is 1.78 bits per heavy atom. The molecule has 1 saturated heterocycles. The van der Waals surface area contributed by atoms with Crippen LogP contribution in [0.3, 0.4) is 0 Å². The fourth-order valence-corrected chi connectivity index (χ4v) is 3.57. The molecule has 3 aromatic rings. The number of anilines is 1. The summed E-state index contributed by atoms with van der Waals surface area (Å²) in [6.07, 6.45) is 1.51. The van der Waals surface area contributed by atoms with Gasteiger partial charge in [0.15, 0.2) is 0 Å². The van der Waals surface area contributed by atoms with Crippen molar-refractivity contribution in [1.29, 1.82) is 0 Å². The van der Waals surface area contributed by atoms with Crippen molar-refractivity contribution in [1.82, 2.24) is 10.2 Å². The summed E-state index contributed by atoms with van der Waals surface area (Å²) in [6, 6.07) is 19.8. The monoisotopic (exact) mass is 485 g/mol. The van der Waals surface area contributed by atoms with Gasteiger partial charge in [-0.15, -0.1) is 0 Å². The van der Waals surface area contributed by atoms with Crippen LogP contribution in [0.2, 0.25) is 0 Å². The van der Waals surface area contributed by atoms with Gasteiger partial charge in [0.05, 0.1) is 5.56 Å². The number of aromatic carboxylic acids is 1. The molecule has 1 aliphatic rings. The predicted molar refractivity (Wildman–Crippen MR) is 132 cm³/mol. The largest absolute Gasteiger partial charge is 0.489 e. The number of nitrogens with one attached hydrogen (secondary N) is 2. The number of hydrogen-bond donors (Lipinski definition) is 3. The van der Waals surface area contributed by atoms with Crippen LogP contribution in [0.1, 0.15) is 27.0 Å². The van der Waals surface area contributed by atoms with Crippen molar-refractivity contribution >= 4 is 35.6 Å². The average Bonchev–Trinajstić information content (AvgIpc) is 3.11. The molecule has 0 atom stereocenters. The molecule has 1 aliphatic heterocycles. The lowest BCUT2D eigenvalue weighted by molar-refractivity contribution is -0.127. The maximum atomic E-state index is 12.7. The highest BCUT2D eigenvalue weighted by atomic mass is 16.5. The second-order valence-electron chi connectivity index (χ2n) is 8.16. The predicted octanol–water partition coefficient (Wildman–Crippen LogP) is 3.80. The molecule has 0 unspecified atom stereocenters. The van der Waals surface area contributed by atoms with Crippen molar-refractivity contribution in [3.63, 3.8) is 0 Å². The van der Waals surface area contributed by atoms with E-state index in [4.69, 9.17) is 9.84 Å². The van der Waals surface area contributed by atoms with Crippen LogP contribution in [0.5, 0.6) is 5.75 Å². The van der Waals surface area contributed by atoms with E-state index in [0.717, 1.165) is 10.5 Å². The third-order valence-corrected chi connectivity index (χ3v) is 5.34. The summed E-state index contributed by atoms with van der Waals surface area (Å²) in [5, 5.41) is 14.3. The van der Waals surface area contributed by atoms with Gasteiger partial charge in [-0.2, -0.15) is 0 Å². The minimum absolute atomic E-state index is 0.0579. The summed E-state index contributed by atoms with van der Waals surface area (Å²) in [7, 11) is 0. The van der Waals surface area contributed by atoms with Crippen LogP contribution in [-0.2, 0) is 16.2 Å². The number of urea groups is 1. The average molecular weight is 485 g/mol. The highest BCUT2D eigenvalue weighted by molar-refractivity contribution is 6.15. The molecule has 4 rings (SSSR count). The van der Waals surface area contributed by atoms with Gasteiger partial charge in [-0.1, -0.05) is 36.4 Å². The third-order valence-electron chi connectivity index (χ3n) is 5.34. The molecule has 36 heavy (non-hydrogen) atoms. The summed E-state index contributed by atoms with van der Waals surface area (Å²) in [6.45, 7) is 1.67. The number of carboxylic acids is 1. The molecule has 0 aromatic heterocycles. The number of aryl methyl sites for hydroxylation is 1. The Kier molecular flexibility index (Phi) is 7.10. The molecule has 1 fully saturated rings. The van der Waals surface area contributed by atoms with Crippen LogP contribution in [0.4, 0.5) is 10.5 Å². The van der Waals surface area contributed by atoms with E-state index in [1.165, 1.54) is 12.1 Å². The fourth-order valence-electron chi connectivity index (χ4n) is 3.57. The first-order chi connectivity index (χ1) is 17.3. The van der Waals surface area contributed by atoms with Crippen molar-refractivity contribution in [3.05, 3.63) is 101 Å². The zero-order valence-electron chi connectivity index (χ0n) is 19.4. The molecule has 0 spiro atoms. The lowest BCUT2D eigenvalue weighted by Gasteiger charge is -2.12. The first-order valence-corrected chi connectivity index (χ1v) is 11.0. The topological polar surface area (TPSA) is 125 Å². The Morgan fingerprint density at radius 1 is 1.03 bits per heavy atom. The molecular weight excluding hydrogens is 462 g/mol. The van der Waals surface area contributed by atoms with Crippen molar-refractivity contribution in [2.75, 3.05) is 11.9 Å². The van der Waals surface area contributed by atoms with Crippen LogP contribution < -0.4 is 15.4 Å². The van der Waals surface area contributed by atoms with E-state index in [9.17, 15) is 19.2 Å². The van der Waals surface area contributed by atoms with E-state index in [2.05, 4.69) is 10.6 Å². The second kappa shape index (κ2) is 10.6. The summed E-state index contributed by atoms with van der Waals surface area (Å²) in [4.78, 5) is 49.3. The Labute approximate surface area is 207 Å². The van der Waals surface area contributed by atoms with E-state index in [-0.39, 0.29) is 17.9 Å². The molecule has 9 nitrogen and oxygen atoms in total. The standard InChI is InChI=1S/C27H23N3O6/c1-17-4-2-7-21(12-17)28-24(31)15-30-25(32)23(29-27(30)35)14-18-8-10-22(11-9-18)36-16-19-5-3-6-20(13-19)26(33)34/h2-14H,15-16H2,1H3,(H,28,31)(H,29,35)(H,33,34)/b23-14+. The molecule has 0 radical (unpaired) electrons. The van der Waals surface area contributed by atoms with Crippen LogP contribution in [-0.4, -0.2) is 40.4 Å². The lowest BCUT2D eigenvalue weighted by Crippen LogP contribution is -2.38. The van der Waals surface area contributed by atoms with Gasteiger partial charge in [-0.05, 0) is 66.1 Å². The minimum atomic E-state index is -1.01. The van der Waals surface area contributed by atoms with Gasteiger partial charge >= 0.3 is 12.0 Å². The first-order valence-electron chi connectivity index (χ1n) is 11.0. The van der Waals surface area contributed by atoms with Crippen LogP contribution in [0, 0.1) is 6.92 Å². The number of imide groups is 1. The van der Waals surface area contributed by atoms with Gasteiger partial charge in [0.25, 0.3) is 5.91 Å². The van der Waals surface area contributed by atoms with Gasteiger partial charge in [0, 0.05) is 5.69 Å². The number of carbonyl (C=O) groups excluding carboxylic acids is 3. The van der Waals surface area contributed by atoms with E-state index in [0.29, 0.717) is 22.6 Å². The Morgan fingerprint density at radius 3 is 2.50 bits per heavy atom. The van der Waals surface area contributed by atoms with E-state index < -0.39 is 30.4 Å².